The van der Waals surface area contributed by atoms with Crippen LogP contribution in [-0.4, -0.2) is 38.4 Å². The van der Waals surface area contributed by atoms with Crippen molar-refractivity contribution in [1.29, 1.82) is 0 Å². The third-order valence-electron chi connectivity index (χ3n) is 2.12. The molecule has 0 spiro atoms. The van der Waals surface area contributed by atoms with Gasteiger partial charge in [-0.25, -0.2) is 0 Å². The summed E-state index contributed by atoms with van der Waals surface area (Å²) in [7, 11) is 1.74. The fourth-order valence-electron chi connectivity index (χ4n) is 0.918. The summed E-state index contributed by atoms with van der Waals surface area (Å²) in [6, 6.07) is 0.187. The number of hydrogen-bond acceptors (Lipinski definition) is 2. The first-order valence-electron chi connectivity index (χ1n) is 4.90. The van der Waals surface area contributed by atoms with Gasteiger partial charge in [0, 0.05) is 12.6 Å². The molecule has 98 valence electrons. The molecular formula is C9H16F5NO. The van der Waals surface area contributed by atoms with E-state index >= 15 is 0 Å². The van der Waals surface area contributed by atoms with Crippen molar-refractivity contribution in [2.24, 2.45) is 0 Å². The van der Waals surface area contributed by atoms with E-state index < -0.39 is 18.7 Å². The lowest BCUT2D eigenvalue weighted by Gasteiger charge is -2.19. The van der Waals surface area contributed by atoms with Gasteiger partial charge in [-0.05, 0) is 26.8 Å². The molecule has 0 rings (SSSR count). The van der Waals surface area contributed by atoms with Crippen molar-refractivity contribution < 1.29 is 26.7 Å². The van der Waals surface area contributed by atoms with Crippen LogP contribution in [-0.2, 0) is 4.74 Å². The Kier molecular flexibility index (Phi) is 6.17. The van der Waals surface area contributed by atoms with Crippen molar-refractivity contribution in [3.8, 4) is 0 Å². The standard InChI is InChI=1S/C9H16F5NO/c1-7(15-2)4-3-5-16-6-8(10,11)9(12,13)14/h7,15H,3-6H2,1-2H3. The van der Waals surface area contributed by atoms with Gasteiger partial charge in [-0.1, -0.05) is 0 Å². The average Bonchev–Trinajstić information content (AvgIpc) is 2.15. The first-order valence-corrected chi connectivity index (χ1v) is 4.90. The van der Waals surface area contributed by atoms with Crippen molar-refractivity contribution in [3.63, 3.8) is 0 Å². The molecule has 0 saturated heterocycles. The molecule has 0 saturated carbocycles. The van der Waals surface area contributed by atoms with E-state index in [0.29, 0.717) is 12.8 Å². The average molecular weight is 249 g/mol. The second kappa shape index (κ2) is 6.34. The maximum atomic E-state index is 12.3. The number of nitrogens with one attached hydrogen (secondary N) is 1. The number of alkyl halides is 5. The Morgan fingerprint density at radius 2 is 1.75 bits per heavy atom. The van der Waals surface area contributed by atoms with E-state index in [0.717, 1.165) is 0 Å². The van der Waals surface area contributed by atoms with Crippen LogP contribution in [0.2, 0.25) is 0 Å². The number of ether oxygens (including phenoxy) is 1. The maximum absolute atomic E-state index is 12.3. The highest BCUT2D eigenvalue weighted by Crippen LogP contribution is 2.35. The van der Waals surface area contributed by atoms with Gasteiger partial charge in [0.05, 0.1) is 0 Å². The molecule has 0 amide bonds. The zero-order chi connectivity index (χ0) is 12.8. The summed E-state index contributed by atoms with van der Waals surface area (Å²) in [6.45, 7) is 0.173. The summed E-state index contributed by atoms with van der Waals surface area (Å²) in [5.74, 6) is -4.76. The molecule has 0 bridgehead atoms. The predicted octanol–water partition coefficient (Wildman–Crippen LogP) is 2.59. The van der Waals surface area contributed by atoms with E-state index in [2.05, 4.69) is 10.1 Å². The van der Waals surface area contributed by atoms with Crippen LogP contribution in [0, 0.1) is 0 Å². The molecule has 0 radical (unpaired) electrons. The van der Waals surface area contributed by atoms with E-state index in [1.165, 1.54) is 0 Å². The van der Waals surface area contributed by atoms with Crippen LogP contribution in [0.1, 0.15) is 19.8 Å². The predicted molar refractivity (Wildman–Crippen MR) is 49.6 cm³/mol. The van der Waals surface area contributed by atoms with Gasteiger partial charge in [-0.3, -0.25) is 0 Å². The van der Waals surface area contributed by atoms with E-state index in [9.17, 15) is 22.0 Å². The summed E-state index contributed by atoms with van der Waals surface area (Å²) < 4.78 is 64.0. The van der Waals surface area contributed by atoms with E-state index in [1.807, 2.05) is 6.92 Å². The molecule has 0 aliphatic rings. The monoisotopic (exact) mass is 249 g/mol. The molecule has 16 heavy (non-hydrogen) atoms. The molecular weight excluding hydrogens is 233 g/mol. The summed E-state index contributed by atoms with van der Waals surface area (Å²) in [4.78, 5) is 0. The van der Waals surface area contributed by atoms with Crippen LogP contribution in [0.5, 0.6) is 0 Å². The highest BCUT2D eigenvalue weighted by molar-refractivity contribution is 4.74. The molecule has 1 atom stereocenters. The normalized spacial score (nSPS) is 15.2. The van der Waals surface area contributed by atoms with E-state index in [-0.39, 0.29) is 12.6 Å². The Morgan fingerprint density at radius 1 is 1.19 bits per heavy atom. The first-order chi connectivity index (χ1) is 7.20. The molecule has 0 aromatic heterocycles. The minimum absolute atomic E-state index is 0.0995. The third-order valence-corrected chi connectivity index (χ3v) is 2.12. The highest BCUT2D eigenvalue weighted by Gasteiger charge is 2.57. The van der Waals surface area contributed by atoms with Crippen molar-refractivity contribution in [2.45, 2.75) is 37.9 Å². The van der Waals surface area contributed by atoms with Gasteiger partial charge in [-0.15, -0.1) is 0 Å². The van der Waals surface area contributed by atoms with Crippen LogP contribution >= 0.6 is 0 Å². The quantitative estimate of drug-likeness (QED) is 0.553. The molecule has 1 unspecified atom stereocenters. The lowest BCUT2D eigenvalue weighted by atomic mass is 10.2. The molecule has 1 N–H and O–H groups in total. The van der Waals surface area contributed by atoms with Crippen LogP contribution < -0.4 is 5.32 Å². The van der Waals surface area contributed by atoms with E-state index in [4.69, 9.17) is 0 Å². The third kappa shape index (κ3) is 5.60. The van der Waals surface area contributed by atoms with Gasteiger partial charge in [0.2, 0.25) is 0 Å². The minimum Gasteiger partial charge on any atom is -0.375 e. The Bertz CT molecular complexity index is 195. The first kappa shape index (κ1) is 15.6. The number of rotatable bonds is 7. The number of hydrogen-bond donors (Lipinski definition) is 1. The van der Waals surface area contributed by atoms with E-state index in [1.54, 1.807) is 7.05 Å². The topological polar surface area (TPSA) is 21.3 Å². The zero-order valence-electron chi connectivity index (χ0n) is 9.20. The van der Waals surface area contributed by atoms with Crippen molar-refractivity contribution in [2.75, 3.05) is 20.3 Å². The highest BCUT2D eigenvalue weighted by atomic mass is 19.4. The summed E-state index contributed by atoms with van der Waals surface area (Å²) in [6.07, 6.45) is -4.44. The van der Waals surface area contributed by atoms with Gasteiger partial charge in [0.1, 0.15) is 6.61 Å². The minimum atomic E-state index is -5.54. The SMILES string of the molecule is CNC(C)CCCOCC(F)(F)C(F)(F)F. The van der Waals surface area contributed by atoms with Crippen molar-refractivity contribution in [1.82, 2.24) is 5.32 Å². The number of halogens is 5. The lowest BCUT2D eigenvalue weighted by molar-refractivity contribution is -0.296. The van der Waals surface area contributed by atoms with Crippen LogP contribution in [0.25, 0.3) is 0 Å². The van der Waals surface area contributed by atoms with Crippen LogP contribution in [0.4, 0.5) is 22.0 Å². The maximum Gasteiger partial charge on any atom is 0.455 e. The van der Waals surface area contributed by atoms with Crippen LogP contribution in [0.15, 0.2) is 0 Å². The van der Waals surface area contributed by atoms with Crippen LogP contribution in [0.3, 0.4) is 0 Å². The summed E-state index contributed by atoms with van der Waals surface area (Å²) in [5, 5.41) is 2.91. The molecule has 0 aromatic rings. The van der Waals surface area contributed by atoms with Gasteiger partial charge < -0.3 is 10.1 Å². The fourth-order valence-corrected chi connectivity index (χ4v) is 0.918. The Labute approximate surface area is 91.1 Å². The second-order valence-corrected chi connectivity index (χ2v) is 3.59. The Morgan fingerprint density at radius 3 is 2.19 bits per heavy atom. The molecule has 0 aliphatic carbocycles. The Balaban J connectivity index is 3.67. The Hall–Kier alpha value is -0.430. The molecule has 0 aromatic carbocycles. The zero-order valence-corrected chi connectivity index (χ0v) is 9.20. The van der Waals surface area contributed by atoms with Crippen molar-refractivity contribution in [3.05, 3.63) is 0 Å². The van der Waals surface area contributed by atoms with Gasteiger partial charge >= 0.3 is 12.1 Å². The van der Waals surface area contributed by atoms with Gasteiger partial charge in [0.15, 0.2) is 0 Å². The summed E-state index contributed by atoms with van der Waals surface area (Å²) in [5.41, 5.74) is 0. The molecule has 0 fully saturated rings. The summed E-state index contributed by atoms with van der Waals surface area (Å²) >= 11 is 0. The largest absolute Gasteiger partial charge is 0.455 e. The second-order valence-electron chi connectivity index (χ2n) is 3.59. The fraction of sp³-hybridized carbons (Fsp3) is 1.00. The molecule has 7 heteroatoms. The van der Waals surface area contributed by atoms with Crippen molar-refractivity contribution >= 4 is 0 Å². The van der Waals surface area contributed by atoms with Gasteiger partial charge in [0.25, 0.3) is 0 Å². The molecule has 0 heterocycles. The molecule has 0 aliphatic heterocycles. The smallest absolute Gasteiger partial charge is 0.375 e. The lowest BCUT2D eigenvalue weighted by Crippen LogP contribution is -2.40. The molecule has 2 nitrogen and oxygen atoms in total. The van der Waals surface area contributed by atoms with Gasteiger partial charge in [-0.2, -0.15) is 22.0 Å².